The van der Waals surface area contributed by atoms with Gasteiger partial charge in [0.05, 0.1) is 0 Å². The zero-order chi connectivity index (χ0) is 19.5. The van der Waals surface area contributed by atoms with Crippen molar-refractivity contribution in [1.82, 2.24) is 25.5 Å². The highest BCUT2D eigenvalue weighted by molar-refractivity contribution is 5.81. The Kier molecular flexibility index (Phi) is 5.06. The Balaban J connectivity index is 1.39. The predicted molar refractivity (Wildman–Crippen MR) is 104 cm³/mol. The third-order valence-corrected chi connectivity index (χ3v) is 5.53. The molecule has 1 aromatic heterocycles. The second-order valence-corrected chi connectivity index (χ2v) is 7.50. The number of nitriles is 1. The van der Waals surface area contributed by atoms with Crippen molar-refractivity contribution in [2.75, 3.05) is 18.4 Å². The molecule has 2 N–H and O–H groups in total. The molecule has 8 nitrogen and oxygen atoms in total. The maximum absolute atomic E-state index is 12.2. The van der Waals surface area contributed by atoms with Gasteiger partial charge in [0.2, 0.25) is 11.7 Å². The largest absolute Gasteiger partial charge is 0.360 e. The van der Waals surface area contributed by atoms with Crippen LogP contribution in [0.3, 0.4) is 0 Å². The van der Waals surface area contributed by atoms with E-state index in [0.717, 1.165) is 50.0 Å². The highest BCUT2D eigenvalue weighted by Gasteiger charge is 2.35. The maximum atomic E-state index is 12.2. The molecule has 2 aromatic rings. The summed E-state index contributed by atoms with van der Waals surface area (Å²) in [5.74, 6) is 1.41. The molecule has 2 aliphatic rings. The number of aromatic amines is 1. The number of likely N-dealkylation sites (tertiary alicyclic amines) is 1. The van der Waals surface area contributed by atoms with Crippen LogP contribution in [0, 0.1) is 24.2 Å². The zero-order valence-electron chi connectivity index (χ0n) is 15.9. The van der Waals surface area contributed by atoms with Crippen molar-refractivity contribution in [2.45, 2.75) is 38.5 Å². The van der Waals surface area contributed by atoms with Gasteiger partial charge in [0, 0.05) is 30.9 Å². The lowest BCUT2D eigenvalue weighted by atomic mass is 9.88. The Bertz CT molecular complexity index is 917. The molecule has 1 saturated carbocycles. The van der Waals surface area contributed by atoms with Crippen LogP contribution < -0.4 is 5.32 Å². The summed E-state index contributed by atoms with van der Waals surface area (Å²) in [6.07, 6.45) is 5.76. The van der Waals surface area contributed by atoms with Gasteiger partial charge in [-0.1, -0.05) is 12.1 Å². The van der Waals surface area contributed by atoms with Crippen molar-refractivity contribution >= 4 is 17.2 Å². The summed E-state index contributed by atoms with van der Waals surface area (Å²) in [6.45, 7) is 3.77. The summed E-state index contributed by atoms with van der Waals surface area (Å²) in [5.41, 5.74) is 3.66. The lowest BCUT2D eigenvalue weighted by Crippen LogP contribution is -2.38. The van der Waals surface area contributed by atoms with E-state index in [0.29, 0.717) is 23.3 Å². The summed E-state index contributed by atoms with van der Waals surface area (Å²) in [6, 6.07) is 8.43. The van der Waals surface area contributed by atoms with Crippen LogP contribution >= 0.6 is 0 Å². The molecule has 2 heterocycles. The summed E-state index contributed by atoms with van der Waals surface area (Å²) >= 11 is 0. The molecular weight excluding hydrogens is 354 g/mol. The first-order valence-electron chi connectivity index (χ1n) is 9.65. The normalized spacial score (nSPS) is 18.0. The van der Waals surface area contributed by atoms with Crippen molar-refractivity contribution < 1.29 is 4.79 Å². The molecule has 0 spiro atoms. The van der Waals surface area contributed by atoms with Crippen molar-refractivity contribution in [3.8, 4) is 6.07 Å². The Morgan fingerprint density at radius 3 is 2.71 bits per heavy atom. The number of amides is 1. The highest BCUT2D eigenvalue weighted by Crippen LogP contribution is 2.35. The zero-order valence-corrected chi connectivity index (χ0v) is 15.9. The lowest BCUT2D eigenvalue weighted by Gasteiger charge is -2.32. The van der Waals surface area contributed by atoms with Crippen LogP contribution in [0.4, 0.5) is 5.69 Å². The molecule has 144 valence electrons. The van der Waals surface area contributed by atoms with Gasteiger partial charge >= 0.3 is 0 Å². The van der Waals surface area contributed by atoms with Gasteiger partial charge in [-0.15, -0.1) is 10.2 Å². The van der Waals surface area contributed by atoms with E-state index in [-0.39, 0.29) is 5.82 Å². The van der Waals surface area contributed by atoms with Crippen molar-refractivity contribution in [3.63, 3.8) is 0 Å². The number of benzene rings is 1. The van der Waals surface area contributed by atoms with Crippen molar-refractivity contribution in [1.29, 1.82) is 5.26 Å². The number of hydrogen-bond donors (Lipinski definition) is 2. The number of anilines is 1. The molecule has 1 aromatic carbocycles. The number of allylic oxidation sites excluding steroid dienone is 1. The van der Waals surface area contributed by atoms with Crippen molar-refractivity contribution in [2.24, 2.45) is 5.92 Å². The Morgan fingerprint density at radius 1 is 1.32 bits per heavy atom. The molecule has 0 radical (unpaired) electrons. The third-order valence-electron chi connectivity index (χ3n) is 5.53. The molecule has 1 amide bonds. The quantitative estimate of drug-likeness (QED) is 0.775. The van der Waals surface area contributed by atoms with Gasteiger partial charge in [-0.25, -0.2) is 0 Å². The number of aromatic nitrogens is 4. The number of rotatable bonds is 5. The predicted octanol–water partition coefficient (Wildman–Crippen LogP) is 2.60. The van der Waals surface area contributed by atoms with Gasteiger partial charge in [-0.2, -0.15) is 10.5 Å². The molecule has 8 heteroatoms. The van der Waals surface area contributed by atoms with Gasteiger partial charge in [0.15, 0.2) is 0 Å². The topological polar surface area (TPSA) is 111 Å². The molecule has 0 atom stereocenters. The minimum atomic E-state index is 0.261. The fourth-order valence-electron chi connectivity index (χ4n) is 3.70. The molecule has 2 fully saturated rings. The molecule has 0 unspecified atom stereocenters. The first-order valence-corrected chi connectivity index (χ1v) is 9.65. The van der Waals surface area contributed by atoms with Gasteiger partial charge in [0.25, 0.3) is 0 Å². The molecular formula is C20H23N7O. The Morgan fingerprint density at radius 2 is 2.11 bits per heavy atom. The van der Waals surface area contributed by atoms with E-state index >= 15 is 0 Å². The maximum Gasteiger partial charge on any atom is 0.225 e. The smallest absolute Gasteiger partial charge is 0.225 e. The van der Waals surface area contributed by atoms with Crippen LogP contribution in [0.2, 0.25) is 0 Å². The number of nitrogens with zero attached hydrogens (tertiary/aromatic N) is 5. The minimum Gasteiger partial charge on any atom is -0.360 e. The number of carbonyl (C=O) groups excluding carboxylic acids is 1. The number of hydrogen-bond acceptors (Lipinski definition) is 6. The summed E-state index contributed by atoms with van der Waals surface area (Å²) in [5, 5.41) is 25.9. The van der Waals surface area contributed by atoms with Crippen LogP contribution in [0.15, 0.2) is 24.4 Å². The third kappa shape index (κ3) is 3.88. The first-order chi connectivity index (χ1) is 13.7. The number of piperidine rings is 1. The van der Waals surface area contributed by atoms with E-state index in [1.807, 2.05) is 17.9 Å². The van der Waals surface area contributed by atoms with E-state index in [1.165, 1.54) is 5.56 Å². The van der Waals surface area contributed by atoms with Crippen LogP contribution in [0.1, 0.15) is 48.6 Å². The first kappa shape index (κ1) is 18.2. The van der Waals surface area contributed by atoms with Crippen LogP contribution in [-0.4, -0.2) is 44.5 Å². The van der Waals surface area contributed by atoms with Crippen LogP contribution in [-0.2, 0) is 4.79 Å². The van der Waals surface area contributed by atoms with Gasteiger partial charge < -0.3 is 10.2 Å². The monoisotopic (exact) mass is 377 g/mol. The average molecular weight is 377 g/mol. The Hall–Kier alpha value is -3.21. The highest BCUT2D eigenvalue weighted by atomic mass is 16.2. The fourth-order valence-corrected chi connectivity index (χ4v) is 3.70. The number of tetrazole rings is 1. The number of nitrogens with one attached hydrogen (secondary N) is 2. The van der Waals surface area contributed by atoms with Crippen molar-refractivity contribution in [3.05, 3.63) is 41.4 Å². The summed E-state index contributed by atoms with van der Waals surface area (Å²) in [7, 11) is 0. The average Bonchev–Trinajstić information content (AvgIpc) is 3.44. The number of carbonyl (C=O) groups is 1. The number of aryl methyl sites for hydroxylation is 1. The minimum absolute atomic E-state index is 0.261. The van der Waals surface area contributed by atoms with Gasteiger partial charge in [-0.05, 0) is 60.9 Å². The van der Waals surface area contributed by atoms with E-state index < -0.39 is 0 Å². The summed E-state index contributed by atoms with van der Waals surface area (Å²) in [4.78, 5) is 14.3. The molecule has 1 aliphatic carbocycles. The second-order valence-electron chi connectivity index (χ2n) is 7.50. The molecule has 1 saturated heterocycles. The molecule has 1 aliphatic heterocycles. The summed E-state index contributed by atoms with van der Waals surface area (Å²) < 4.78 is 0. The number of H-pyrrole nitrogens is 1. The van der Waals surface area contributed by atoms with E-state index in [9.17, 15) is 10.1 Å². The fraction of sp³-hybridized carbons (Fsp3) is 0.450. The van der Waals surface area contributed by atoms with Gasteiger partial charge in [-0.3, -0.25) is 4.79 Å². The lowest BCUT2D eigenvalue weighted by molar-refractivity contribution is -0.133. The second kappa shape index (κ2) is 7.80. The molecule has 0 bridgehead atoms. The van der Waals surface area contributed by atoms with Crippen LogP contribution in [0.25, 0.3) is 5.57 Å². The molecule has 28 heavy (non-hydrogen) atoms. The van der Waals surface area contributed by atoms with E-state index in [2.05, 4.69) is 44.1 Å². The SMILES string of the molecule is Cc1cc(C2CCN(C(=O)C3CC3)CC2)ccc1NC=C(C#N)c1nn[nH]n1. The van der Waals surface area contributed by atoms with Gasteiger partial charge in [0.1, 0.15) is 11.6 Å². The van der Waals surface area contributed by atoms with E-state index in [4.69, 9.17) is 0 Å². The molecule has 4 rings (SSSR count). The van der Waals surface area contributed by atoms with E-state index in [1.54, 1.807) is 6.20 Å². The standard InChI is InChI=1S/C20H23N7O/c1-13-10-16(14-6-8-27(9-7-14)20(28)15-2-3-15)4-5-18(13)22-12-17(11-21)19-23-25-26-24-19/h4-5,10,12,14-15,22H,2-3,6-9H2,1H3,(H,23,24,25,26). The Labute approximate surface area is 163 Å². The van der Waals surface area contributed by atoms with Crippen LogP contribution in [0.5, 0.6) is 0 Å².